The third kappa shape index (κ3) is 5.26. The molecular formula is C18H34ClN2O5P. The lowest BCUT2D eigenvalue weighted by atomic mass is 9.80. The molecule has 0 N–H and O–H groups in total. The summed E-state index contributed by atoms with van der Waals surface area (Å²) in [6, 6.07) is 0. The van der Waals surface area contributed by atoms with Gasteiger partial charge in [-0.1, -0.05) is 0 Å². The molecule has 2 aliphatic rings. The first-order chi connectivity index (χ1) is 11.9. The molecule has 0 saturated carbocycles. The predicted molar refractivity (Wildman–Crippen MR) is 103 cm³/mol. The van der Waals surface area contributed by atoms with Crippen LogP contribution in [0.1, 0.15) is 81.1 Å². The van der Waals surface area contributed by atoms with E-state index in [2.05, 4.69) is 0 Å². The molecule has 0 spiro atoms. The van der Waals surface area contributed by atoms with Gasteiger partial charge in [0.1, 0.15) is 0 Å². The minimum absolute atomic E-state index is 0.413. The number of hydrogen-bond acceptors (Lipinski definition) is 5. The molecule has 0 bridgehead atoms. The molecule has 2 heterocycles. The Bertz CT molecular complexity index is 527. The van der Waals surface area contributed by atoms with Crippen molar-refractivity contribution in [3.8, 4) is 0 Å². The normalized spacial score (nSPS) is 29.7. The Morgan fingerprint density at radius 2 is 0.926 bits per heavy atom. The molecule has 2 aliphatic heterocycles. The van der Waals surface area contributed by atoms with Crippen molar-refractivity contribution in [3.63, 3.8) is 0 Å². The number of hydrogen-bond donors (Lipinski definition) is 0. The lowest BCUT2D eigenvalue weighted by Crippen LogP contribution is -2.60. The van der Waals surface area contributed by atoms with Crippen LogP contribution in [-0.2, 0) is 24.0 Å². The molecule has 2 saturated heterocycles. The lowest BCUT2D eigenvalue weighted by Gasteiger charge is -2.50. The van der Waals surface area contributed by atoms with Crippen molar-refractivity contribution in [1.82, 2.24) is 10.1 Å². The zero-order valence-corrected chi connectivity index (χ0v) is 19.4. The molecule has 0 atom stereocenters. The van der Waals surface area contributed by atoms with E-state index < -0.39 is 41.3 Å². The quantitative estimate of drug-likeness (QED) is 0.586. The Morgan fingerprint density at radius 3 is 1.15 bits per heavy atom. The van der Waals surface area contributed by atoms with Gasteiger partial charge in [-0.05, 0) is 81.1 Å². The Balaban J connectivity index is 2.08. The fourth-order valence-corrected chi connectivity index (χ4v) is 6.61. The third-order valence-corrected chi connectivity index (χ3v) is 7.24. The number of hydroxylamine groups is 4. The van der Waals surface area contributed by atoms with Crippen molar-refractivity contribution < 1.29 is 24.0 Å². The number of piperidine rings is 2. The van der Waals surface area contributed by atoms with Crippen molar-refractivity contribution in [2.24, 2.45) is 0 Å². The van der Waals surface area contributed by atoms with Gasteiger partial charge in [0.2, 0.25) is 0 Å². The van der Waals surface area contributed by atoms with Crippen molar-refractivity contribution >= 4 is 18.2 Å². The predicted octanol–water partition coefficient (Wildman–Crippen LogP) is 5.10. The Labute approximate surface area is 168 Å². The van der Waals surface area contributed by atoms with Gasteiger partial charge in [-0.15, -0.1) is 20.5 Å². The molecule has 0 amide bonds. The highest BCUT2D eigenvalue weighted by Crippen LogP contribution is 2.59. The van der Waals surface area contributed by atoms with Crippen LogP contribution in [0.3, 0.4) is 0 Å². The van der Waals surface area contributed by atoms with Gasteiger partial charge >= 0.3 is 6.95 Å². The largest absolute Gasteiger partial charge is 0.424 e. The van der Waals surface area contributed by atoms with E-state index in [1.165, 1.54) is 0 Å². The highest BCUT2D eigenvalue weighted by molar-refractivity contribution is 7.81. The molecule has 27 heavy (non-hydrogen) atoms. The minimum Gasteiger partial charge on any atom is -0.293 e. The fraction of sp³-hybridized carbons (Fsp3) is 1.00. The summed E-state index contributed by atoms with van der Waals surface area (Å²) in [5.74, 6) is 0. The topological polar surface area (TPSA) is 81.8 Å². The number of nitrogens with zero attached hydrogens (tertiary/aromatic N) is 2. The molecule has 0 aliphatic carbocycles. The molecule has 2 fully saturated rings. The lowest BCUT2D eigenvalue weighted by molar-refractivity contribution is -0.299. The average Bonchev–Trinajstić information content (AvgIpc) is 2.39. The number of halogens is 1. The van der Waals surface area contributed by atoms with Gasteiger partial charge in [-0.2, -0.15) is 0 Å². The summed E-state index contributed by atoms with van der Waals surface area (Å²) in [7, 11) is 0. The van der Waals surface area contributed by atoms with Crippen molar-refractivity contribution in [2.45, 2.75) is 115 Å². The fourth-order valence-electron chi connectivity index (χ4n) is 4.87. The summed E-state index contributed by atoms with van der Waals surface area (Å²) in [6.07, 6.45) is 0.770. The van der Waals surface area contributed by atoms with E-state index in [1.54, 1.807) is 0 Å². The van der Waals surface area contributed by atoms with Gasteiger partial charge in [0.05, 0.1) is 12.2 Å². The van der Waals surface area contributed by atoms with Crippen LogP contribution in [0.15, 0.2) is 0 Å². The molecular weight excluding hydrogens is 391 g/mol. The molecule has 158 valence electrons. The van der Waals surface area contributed by atoms with Crippen LogP contribution in [-0.4, -0.2) is 44.5 Å². The van der Waals surface area contributed by atoms with Gasteiger partial charge in [0.15, 0.2) is 0 Å². The van der Waals surface area contributed by atoms with Gasteiger partial charge in [0.25, 0.3) is 0 Å². The van der Waals surface area contributed by atoms with E-state index in [1.807, 2.05) is 55.4 Å². The van der Waals surface area contributed by atoms with E-state index in [4.69, 9.17) is 20.3 Å². The van der Waals surface area contributed by atoms with Crippen molar-refractivity contribution in [3.05, 3.63) is 0 Å². The maximum atomic E-state index is 12.9. The second-order valence-electron chi connectivity index (χ2n) is 10.5. The van der Waals surface area contributed by atoms with Gasteiger partial charge < -0.3 is 0 Å². The second kappa shape index (κ2) is 7.21. The van der Waals surface area contributed by atoms with E-state index in [9.17, 15) is 15.0 Å². The molecule has 2 radical (unpaired) electrons. The van der Waals surface area contributed by atoms with Crippen molar-refractivity contribution in [1.29, 1.82) is 0 Å². The maximum Gasteiger partial charge on any atom is 0.424 e. The standard InChI is InChI=1S/C18H34ClN2O5P/c1-15(2)9-13(10-16(3,4)20(15)22)25-27(19,24)26-14-11-17(5,6)21(23)18(7,8)12-14/h13-14H,9-12H2,1-8H3. The molecule has 9 heteroatoms. The van der Waals surface area contributed by atoms with Gasteiger partial charge in [-0.3, -0.25) is 9.05 Å². The molecule has 0 aromatic heterocycles. The first-order valence-corrected chi connectivity index (χ1v) is 11.9. The van der Waals surface area contributed by atoms with Crippen LogP contribution in [0.25, 0.3) is 0 Å². The van der Waals surface area contributed by atoms with Crippen LogP contribution in [0.2, 0.25) is 0 Å². The summed E-state index contributed by atoms with van der Waals surface area (Å²) in [6.45, 7) is 10.9. The SMILES string of the molecule is CC1(C)CC(OP(=O)(Cl)OC2CC(C)(C)N([O])C(C)(C)C2)CC(C)(C)N1[O]. The molecule has 7 nitrogen and oxygen atoms in total. The zero-order chi connectivity index (χ0) is 21.1. The van der Waals surface area contributed by atoms with Crippen LogP contribution in [0.5, 0.6) is 0 Å². The number of rotatable bonds is 4. The monoisotopic (exact) mass is 424 g/mol. The van der Waals surface area contributed by atoms with Crippen LogP contribution in [0, 0.1) is 0 Å². The maximum absolute atomic E-state index is 12.9. The van der Waals surface area contributed by atoms with Crippen LogP contribution >= 0.6 is 18.2 Å². The Hall–Kier alpha value is 0.280. The highest BCUT2D eigenvalue weighted by Gasteiger charge is 2.50. The summed E-state index contributed by atoms with van der Waals surface area (Å²) < 4.78 is 24.3. The first kappa shape index (κ1) is 23.6. The summed E-state index contributed by atoms with van der Waals surface area (Å²) >= 11 is 6.18. The first-order valence-electron chi connectivity index (χ1n) is 9.49. The molecule has 2 rings (SSSR count). The van der Waals surface area contributed by atoms with E-state index >= 15 is 0 Å². The second-order valence-corrected chi connectivity index (χ2v) is 13.1. The smallest absolute Gasteiger partial charge is 0.293 e. The summed E-state index contributed by atoms with van der Waals surface area (Å²) in [4.78, 5) is 0. The molecule has 0 unspecified atom stereocenters. The van der Waals surface area contributed by atoms with Crippen LogP contribution < -0.4 is 0 Å². The Kier molecular flexibility index (Phi) is 6.29. The molecule has 0 aromatic rings. The van der Waals surface area contributed by atoms with E-state index in [0.717, 1.165) is 10.1 Å². The zero-order valence-electron chi connectivity index (χ0n) is 17.7. The average molecular weight is 425 g/mol. The molecule has 0 aromatic carbocycles. The summed E-state index contributed by atoms with van der Waals surface area (Å²) in [5, 5.41) is 27.1. The third-order valence-electron chi connectivity index (χ3n) is 5.66. The summed E-state index contributed by atoms with van der Waals surface area (Å²) in [5.41, 5.74) is -2.61. The highest BCUT2D eigenvalue weighted by atomic mass is 35.7. The van der Waals surface area contributed by atoms with Gasteiger partial charge in [0, 0.05) is 33.4 Å². The van der Waals surface area contributed by atoms with E-state index in [-0.39, 0.29) is 0 Å². The van der Waals surface area contributed by atoms with E-state index in [0.29, 0.717) is 25.7 Å². The van der Waals surface area contributed by atoms with Crippen molar-refractivity contribution in [2.75, 3.05) is 0 Å². The van der Waals surface area contributed by atoms with Gasteiger partial charge in [-0.25, -0.2) is 4.57 Å². The minimum atomic E-state index is -3.86. The Morgan fingerprint density at radius 1 is 0.704 bits per heavy atom. The van der Waals surface area contributed by atoms with Crippen LogP contribution in [0.4, 0.5) is 0 Å².